The Bertz CT molecular complexity index is 1640. The van der Waals surface area contributed by atoms with Crippen LogP contribution in [0.4, 0.5) is 5.69 Å². The van der Waals surface area contributed by atoms with Crippen LogP contribution in [-0.2, 0) is 16.6 Å². The summed E-state index contributed by atoms with van der Waals surface area (Å²) in [5.74, 6) is -0.701. The van der Waals surface area contributed by atoms with Gasteiger partial charge in [0, 0.05) is 15.1 Å². The van der Waals surface area contributed by atoms with E-state index in [0.29, 0.717) is 43.0 Å². The third kappa shape index (κ3) is 5.05. The van der Waals surface area contributed by atoms with Crippen LogP contribution >= 0.6 is 27.5 Å². The van der Waals surface area contributed by atoms with Crippen LogP contribution in [0.3, 0.4) is 0 Å². The van der Waals surface area contributed by atoms with Crippen LogP contribution in [0, 0.1) is 6.92 Å². The first-order valence-corrected chi connectivity index (χ1v) is 13.9. The number of carbonyl (C=O) groups is 2. The minimum absolute atomic E-state index is 0.0593. The fourth-order valence-corrected chi connectivity index (χ4v) is 6.02. The number of aryl methyl sites for hydroxylation is 1. The smallest absolute Gasteiger partial charge is 0.261 e. The average Bonchev–Trinajstić information content (AvgIpc) is 3.10. The molecule has 0 saturated heterocycles. The molecule has 4 aromatic rings. The molecule has 37 heavy (non-hydrogen) atoms. The number of carbonyl (C=O) groups excluding carboxylic acids is 2. The van der Waals surface area contributed by atoms with Crippen molar-refractivity contribution in [3.63, 3.8) is 0 Å². The Hall–Kier alpha value is -3.46. The molecule has 1 aliphatic heterocycles. The summed E-state index contributed by atoms with van der Waals surface area (Å²) in [5, 5.41) is 0.426. The van der Waals surface area contributed by atoms with Crippen LogP contribution in [0.2, 0.25) is 5.02 Å². The molecular formula is C28H20BrClN2O4S. The largest absolute Gasteiger partial charge is 0.279 e. The number of hydrogen-bond donors (Lipinski definition) is 1. The van der Waals surface area contributed by atoms with E-state index in [1.165, 1.54) is 4.90 Å². The van der Waals surface area contributed by atoms with Crippen molar-refractivity contribution >= 4 is 55.1 Å². The maximum atomic E-state index is 13.1. The highest BCUT2D eigenvalue weighted by atomic mass is 79.9. The molecule has 0 aromatic heterocycles. The Morgan fingerprint density at radius 2 is 1.49 bits per heavy atom. The molecular weight excluding hydrogens is 576 g/mol. The quantitative estimate of drug-likeness (QED) is 0.252. The van der Waals surface area contributed by atoms with E-state index in [1.54, 1.807) is 66.7 Å². The molecule has 0 atom stereocenters. The number of imide groups is 1. The van der Waals surface area contributed by atoms with Gasteiger partial charge < -0.3 is 0 Å². The highest BCUT2D eigenvalue weighted by Crippen LogP contribution is 2.35. The van der Waals surface area contributed by atoms with E-state index < -0.39 is 10.0 Å². The Labute approximate surface area is 228 Å². The second-order valence-corrected chi connectivity index (χ2v) is 11.7. The van der Waals surface area contributed by atoms with E-state index in [0.717, 1.165) is 5.56 Å². The highest BCUT2D eigenvalue weighted by Gasteiger charge is 2.35. The number of amides is 2. The average molecular weight is 596 g/mol. The van der Waals surface area contributed by atoms with Crippen LogP contribution in [0.1, 0.15) is 31.8 Å². The first-order valence-electron chi connectivity index (χ1n) is 11.3. The van der Waals surface area contributed by atoms with Crippen LogP contribution < -0.4 is 4.72 Å². The van der Waals surface area contributed by atoms with Crippen molar-refractivity contribution in [2.24, 2.45) is 0 Å². The Balaban J connectivity index is 1.50. The zero-order valence-corrected chi connectivity index (χ0v) is 22.7. The van der Waals surface area contributed by atoms with Crippen LogP contribution in [0.5, 0.6) is 0 Å². The summed E-state index contributed by atoms with van der Waals surface area (Å²) in [4.78, 5) is 27.1. The normalized spacial score (nSPS) is 13.1. The van der Waals surface area contributed by atoms with E-state index >= 15 is 0 Å². The van der Waals surface area contributed by atoms with Gasteiger partial charge in [0.15, 0.2) is 0 Å². The SMILES string of the molecule is Cc1ccc(S(=O)(=O)Nc2ccc(Cl)cc2-c2cc(Br)cc(CN3C(=O)c4ccccc4C3=O)c2)cc1. The van der Waals surface area contributed by atoms with Crippen molar-refractivity contribution in [2.75, 3.05) is 4.72 Å². The van der Waals surface area contributed by atoms with E-state index in [-0.39, 0.29) is 23.3 Å². The molecule has 186 valence electrons. The number of nitrogens with one attached hydrogen (secondary N) is 1. The van der Waals surface area contributed by atoms with Gasteiger partial charge in [-0.2, -0.15) is 0 Å². The lowest BCUT2D eigenvalue weighted by molar-refractivity contribution is 0.0642. The number of nitrogens with zero attached hydrogens (tertiary/aromatic N) is 1. The molecule has 1 aliphatic rings. The molecule has 0 aliphatic carbocycles. The third-order valence-corrected chi connectivity index (χ3v) is 8.12. The lowest BCUT2D eigenvalue weighted by Crippen LogP contribution is -2.29. The summed E-state index contributed by atoms with van der Waals surface area (Å²) in [6, 6.07) is 23.6. The predicted molar refractivity (Wildman–Crippen MR) is 147 cm³/mol. The molecule has 0 bridgehead atoms. The fourth-order valence-electron chi connectivity index (χ4n) is 4.23. The first-order chi connectivity index (χ1) is 17.6. The van der Waals surface area contributed by atoms with Crippen molar-refractivity contribution in [1.29, 1.82) is 0 Å². The maximum Gasteiger partial charge on any atom is 0.261 e. The van der Waals surface area contributed by atoms with Gasteiger partial charge in [0.1, 0.15) is 0 Å². The summed E-state index contributed by atoms with van der Waals surface area (Å²) in [5.41, 5.74) is 3.95. The number of anilines is 1. The lowest BCUT2D eigenvalue weighted by Gasteiger charge is -2.17. The van der Waals surface area contributed by atoms with Gasteiger partial charge in [-0.05, 0) is 78.7 Å². The van der Waals surface area contributed by atoms with E-state index in [9.17, 15) is 18.0 Å². The zero-order valence-electron chi connectivity index (χ0n) is 19.5. The summed E-state index contributed by atoms with van der Waals surface area (Å²) < 4.78 is 29.5. The van der Waals surface area contributed by atoms with Crippen LogP contribution in [-0.4, -0.2) is 25.1 Å². The number of halogens is 2. The highest BCUT2D eigenvalue weighted by molar-refractivity contribution is 9.10. The van der Waals surface area contributed by atoms with Gasteiger partial charge in [0.25, 0.3) is 21.8 Å². The molecule has 4 aromatic carbocycles. The van der Waals surface area contributed by atoms with E-state index in [4.69, 9.17) is 11.6 Å². The van der Waals surface area contributed by atoms with Crippen molar-refractivity contribution in [3.05, 3.63) is 117 Å². The second-order valence-electron chi connectivity index (χ2n) is 8.70. The number of sulfonamides is 1. The van der Waals surface area contributed by atoms with Gasteiger partial charge in [0.2, 0.25) is 0 Å². The topological polar surface area (TPSA) is 83.6 Å². The standard InChI is InChI=1S/C28H20BrClN2O4S/c1-17-6-9-22(10-7-17)37(35,36)31-26-11-8-21(30)15-25(26)19-12-18(13-20(29)14-19)16-32-27(33)23-4-2-3-5-24(23)28(32)34/h2-15,31H,16H2,1H3. The minimum Gasteiger partial charge on any atom is -0.279 e. The predicted octanol–water partition coefficient (Wildman–Crippen LogP) is 6.67. The van der Waals surface area contributed by atoms with E-state index in [2.05, 4.69) is 20.7 Å². The molecule has 5 rings (SSSR count). The Kier molecular flexibility index (Phi) is 6.66. The summed E-state index contributed by atoms with van der Waals surface area (Å²) in [7, 11) is -3.86. The number of rotatable bonds is 6. The molecule has 0 fully saturated rings. The number of benzene rings is 4. The molecule has 1 heterocycles. The maximum absolute atomic E-state index is 13.1. The lowest BCUT2D eigenvalue weighted by atomic mass is 10.0. The Morgan fingerprint density at radius 1 is 0.838 bits per heavy atom. The van der Waals surface area contributed by atoms with Crippen molar-refractivity contribution < 1.29 is 18.0 Å². The Morgan fingerprint density at radius 3 is 2.14 bits per heavy atom. The third-order valence-electron chi connectivity index (χ3n) is 6.04. The van der Waals surface area contributed by atoms with Gasteiger partial charge in [0.05, 0.1) is 28.3 Å². The number of fused-ring (bicyclic) bond motifs is 1. The molecule has 2 amide bonds. The van der Waals surface area contributed by atoms with Crippen molar-refractivity contribution in [1.82, 2.24) is 4.90 Å². The fraction of sp³-hybridized carbons (Fsp3) is 0.0714. The molecule has 0 radical (unpaired) electrons. The molecule has 1 N–H and O–H groups in total. The van der Waals surface area contributed by atoms with Gasteiger partial charge in [-0.25, -0.2) is 8.42 Å². The molecule has 0 unspecified atom stereocenters. The summed E-state index contributed by atoms with van der Waals surface area (Å²) in [6.07, 6.45) is 0. The monoisotopic (exact) mass is 594 g/mol. The van der Waals surface area contributed by atoms with Crippen molar-refractivity contribution in [3.8, 4) is 11.1 Å². The molecule has 0 saturated carbocycles. The molecule has 6 nitrogen and oxygen atoms in total. The van der Waals surface area contributed by atoms with Gasteiger partial charge in [-0.3, -0.25) is 19.2 Å². The molecule has 0 spiro atoms. The zero-order chi connectivity index (χ0) is 26.3. The first kappa shape index (κ1) is 25.2. The van der Waals surface area contributed by atoms with Crippen LogP contribution in [0.15, 0.2) is 94.3 Å². The van der Waals surface area contributed by atoms with Gasteiger partial charge >= 0.3 is 0 Å². The summed E-state index contributed by atoms with van der Waals surface area (Å²) in [6.45, 7) is 1.94. The minimum atomic E-state index is -3.86. The van der Waals surface area contributed by atoms with Crippen LogP contribution in [0.25, 0.3) is 11.1 Å². The molecule has 9 heteroatoms. The van der Waals surface area contributed by atoms with Gasteiger partial charge in [-0.15, -0.1) is 0 Å². The summed E-state index contributed by atoms with van der Waals surface area (Å²) >= 11 is 9.80. The second kappa shape index (κ2) is 9.78. The van der Waals surface area contributed by atoms with Gasteiger partial charge in [-0.1, -0.05) is 57.4 Å². The van der Waals surface area contributed by atoms with E-state index in [1.807, 2.05) is 25.1 Å². The van der Waals surface area contributed by atoms with Crippen molar-refractivity contribution in [2.45, 2.75) is 18.4 Å². The number of hydrogen-bond acceptors (Lipinski definition) is 4.